The van der Waals surface area contributed by atoms with Crippen molar-refractivity contribution >= 4 is 27.3 Å². The van der Waals surface area contributed by atoms with Crippen LogP contribution in [0.3, 0.4) is 0 Å². The van der Waals surface area contributed by atoms with Crippen LogP contribution in [0.4, 0.5) is 5.69 Å². The van der Waals surface area contributed by atoms with Gasteiger partial charge in [-0.2, -0.15) is 5.26 Å². The van der Waals surface area contributed by atoms with E-state index in [-0.39, 0.29) is 16.5 Å². The lowest BCUT2D eigenvalue weighted by Crippen LogP contribution is -2.35. The van der Waals surface area contributed by atoms with Crippen LogP contribution in [0.1, 0.15) is 18.1 Å². The zero-order chi connectivity index (χ0) is 20.6. The maximum Gasteiger partial charge on any atom is 0.264 e. The molecule has 1 aliphatic heterocycles. The molecule has 0 aromatic heterocycles. The molecule has 1 aliphatic rings. The van der Waals surface area contributed by atoms with E-state index in [1.54, 1.807) is 30.3 Å². The van der Waals surface area contributed by atoms with Crippen LogP contribution in [0.5, 0.6) is 11.5 Å². The van der Waals surface area contributed by atoms with Crippen LogP contribution in [0.25, 0.3) is 0 Å². The number of halogens is 1. The number of benzene rings is 3. The lowest BCUT2D eigenvalue weighted by molar-refractivity contribution is 0.480. The Bertz CT molecular complexity index is 1220. The van der Waals surface area contributed by atoms with Crippen LogP contribution in [-0.2, 0) is 16.4 Å². The molecule has 3 aromatic carbocycles. The number of nitriles is 1. The van der Waals surface area contributed by atoms with Gasteiger partial charge in [0.2, 0.25) is 0 Å². The van der Waals surface area contributed by atoms with Crippen molar-refractivity contribution in [3.05, 3.63) is 82.9 Å². The monoisotopic (exact) mass is 424 g/mol. The third kappa shape index (κ3) is 3.44. The first-order valence-electron chi connectivity index (χ1n) is 9.00. The van der Waals surface area contributed by atoms with E-state index in [2.05, 4.69) is 0 Å². The summed E-state index contributed by atoms with van der Waals surface area (Å²) < 4.78 is 33.7. The minimum atomic E-state index is -3.71. The Hall–Kier alpha value is -3.01. The SMILES string of the molecule is CC1Cc2ccccc2N1S(=O)(=O)c1ccc(Oc2cccc(Cl)c2C#N)cc1. The molecule has 0 N–H and O–H groups in total. The van der Waals surface area contributed by atoms with Gasteiger partial charge < -0.3 is 4.74 Å². The number of para-hydroxylation sites is 1. The molecular weight excluding hydrogens is 408 g/mol. The second-order valence-electron chi connectivity index (χ2n) is 6.78. The summed E-state index contributed by atoms with van der Waals surface area (Å²) in [7, 11) is -3.71. The molecule has 0 saturated carbocycles. The lowest BCUT2D eigenvalue weighted by Gasteiger charge is -2.24. The Labute approximate surface area is 174 Å². The molecule has 7 heteroatoms. The van der Waals surface area contributed by atoms with Crippen LogP contribution in [-0.4, -0.2) is 14.5 Å². The predicted octanol–water partition coefficient (Wildman–Crippen LogP) is 5.14. The molecule has 0 saturated heterocycles. The summed E-state index contributed by atoms with van der Waals surface area (Å²) >= 11 is 6.02. The van der Waals surface area contributed by atoms with E-state index >= 15 is 0 Å². The van der Waals surface area contributed by atoms with E-state index in [1.807, 2.05) is 37.3 Å². The van der Waals surface area contributed by atoms with Crippen molar-refractivity contribution in [3.8, 4) is 17.6 Å². The maximum atomic E-state index is 13.2. The summed E-state index contributed by atoms with van der Waals surface area (Å²) in [6.07, 6.45) is 0.683. The predicted molar refractivity (Wildman–Crippen MR) is 112 cm³/mol. The number of ether oxygens (including phenoxy) is 1. The van der Waals surface area contributed by atoms with E-state index in [1.165, 1.54) is 16.4 Å². The average Bonchev–Trinajstić information content (AvgIpc) is 3.05. The van der Waals surface area contributed by atoms with Crippen LogP contribution in [0.15, 0.2) is 71.6 Å². The number of anilines is 1. The number of hydrogen-bond donors (Lipinski definition) is 0. The summed E-state index contributed by atoms with van der Waals surface area (Å²) in [6.45, 7) is 1.90. The Kier molecular flexibility index (Phi) is 4.95. The Morgan fingerprint density at radius 1 is 1.07 bits per heavy atom. The van der Waals surface area contributed by atoms with Crippen molar-refractivity contribution in [2.45, 2.75) is 24.3 Å². The van der Waals surface area contributed by atoms with Gasteiger partial charge >= 0.3 is 0 Å². The van der Waals surface area contributed by atoms with E-state index < -0.39 is 10.0 Å². The molecule has 5 nitrogen and oxygen atoms in total. The molecule has 3 aromatic rings. The van der Waals surface area contributed by atoms with Gasteiger partial charge in [0.15, 0.2) is 0 Å². The Balaban J connectivity index is 1.63. The van der Waals surface area contributed by atoms with Gasteiger partial charge in [0.1, 0.15) is 23.1 Å². The minimum absolute atomic E-state index is 0.155. The first-order valence-corrected chi connectivity index (χ1v) is 10.8. The topological polar surface area (TPSA) is 70.4 Å². The Morgan fingerprint density at radius 2 is 1.79 bits per heavy atom. The lowest BCUT2D eigenvalue weighted by atomic mass is 10.1. The second kappa shape index (κ2) is 7.43. The molecule has 146 valence electrons. The van der Waals surface area contributed by atoms with Crippen molar-refractivity contribution in [2.75, 3.05) is 4.31 Å². The molecule has 1 unspecified atom stereocenters. The quantitative estimate of drug-likeness (QED) is 0.581. The van der Waals surface area contributed by atoms with Gasteiger partial charge in [0.05, 0.1) is 15.6 Å². The standard InChI is InChI=1S/C22H17ClN2O3S/c1-15-13-16-5-2-3-7-21(16)25(15)29(26,27)18-11-9-17(10-12-18)28-22-8-4-6-20(23)19(22)14-24/h2-12,15H,13H2,1H3. The summed E-state index contributed by atoms with van der Waals surface area (Å²) in [5.41, 5.74) is 1.97. The largest absolute Gasteiger partial charge is 0.456 e. The fourth-order valence-electron chi connectivity index (χ4n) is 3.52. The molecular formula is C22H17ClN2O3S. The van der Waals surface area contributed by atoms with Crippen molar-refractivity contribution in [1.82, 2.24) is 0 Å². The van der Waals surface area contributed by atoms with Crippen LogP contribution in [0, 0.1) is 11.3 Å². The van der Waals surface area contributed by atoms with Gasteiger partial charge in [-0.3, -0.25) is 4.31 Å². The molecule has 0 aliphatic carbocycles. The molecule has 4 rings (SSSR count). The highest BCUT2D eigenvalue weighted by molar-refractivity contribution is 7.92. The van der Waals surface area contributed by atoms with Gasteiger partial charge in [0, 0.05) is 6.04 Å². The molecule has 1 heterocycles. The number of fused-ring (bicyclic) bond motifs is 1. The van der Waals surface area contributed by atoms with Crippen LogP contribution in [0.2, 0.25) is 5.02 Å². The highest BCUT2D eigenvalue weighted by Crippen LogP contribution is 2.37. The summed E-state index contributed by atoms with van der Waals surface area (Å²) in [5.74, 6) is 0.732. The third-order valence-corrected chi connectivity index (χ3v) is 7.10. The second-order valence-corrected chi connectivity index (χ2v) is 9.00. The van der Waals surface area contributed by atoms with Crippen LogP contribution >= 0.6 is 11.6 Å². The van der Waals surface area contributed by atoms with Crippen molar-refractivity contribution in [3.63, 3.8) is 0 Å². The number of nitrogens with zero attached hydrogens (tertiary/aromatic N) is 2. The summed E-state index contributed by atoms with van der Waals surface area (Å²) in [5, 5.41) is 9.55. The van der Waals surface area contributed by atoms with E-state index in [0.717, 1.165) is 11.3 Å². The highest BCUT2D eigenvalue weighted by Gasteiger charge is 2.35. The fraction of sp³-hybridized carbons (Fsp3) is 0.136. The number of sulfonamides is 1. The fourth-order valence-corrected chi connectivity index (χ4v) is 5.42. The average molecular weight is 425 g/mol. The molecule has 0 bridgehead atoms. The molecule has 0 spiro atoms. The van der Waals surface area contributed by atoms with Gasteiger partial charge in [-0.25, -0.2) is 8.42 Å². The number of rotatable bonds is 4. The zero-order valence-corrected chi connectivity index (χ0v) is 17.1. The third-order valence-electron chi connectivity index (χ3n) is 4.84. The first-order chi connectivity index (χ1) is 13.9. The van der Waals surface area contributed by atoms with Crippen LogP contribution < -0.4 is 9.04 Å². The first kappa shape index (κ1) is 19.3. The molecule has 0 amide bonds. The van der Waals surface area contributed by atoms with E-state index in [4.69, 9.17) is 16.3 Å². The van der Waals surface area contributed by atoms with E-state index in [9.17, 15) is 13.7 Å². The normalized spacial score (nSPS) is 15.6. The van der Waals surface area contributed by atoms with Gasteiger partial charge in [-0.05, 0) is 61.4 Å². The molecule has 0 radical (unpaired) electrons. The van der Waals surface area contributed by atoms with Gasteiger partial charge in [-0.1, -0.05) is 35.9 Å². The minimum Gasteiger partial charge on any atom is -0.456 e. The highest BCUT2D eigenvalue weighted by atomic mass is 35.5. The zero-order valence-electron chi connectivity index (χ0n) is 15.5. The number of hydrogen-bond acceptors (Lipinski definition) is 4. The van der Waals surface area contributed by atoms with Gasteiger partial charge in [0.25, 0.3) is 10.0 Å². The van der Waals surface area contributed by atoms with Crippen molar-refractivity contribution in [1.29, 1.82) is 5.26 Å². The summed E-state index contributed by atoms with van der Waals surface area (Å²) in [4.78, 5) is 0.181. The summed E-state index contributed by atoms with van der Waals surface area (Å²) in [6, 6.07) is 20.5. The smallest absolute Gasteiger partial charge is 0.264 e. The van der Waals surface area contributed by atoms with E-state index in [0.29, 0.717) is 22.9 Å². The van der Waals surface area contributed by atoms with Crippen molar-refractivity contribution in [2.24, 2.45) is 0 Å². The van der Waals surface area contributed by atoms with Crippen molar-refractivity contribution < 1.29 is 13.2 Å². The molecule has 1 atom stereocenters. The molecule has 0 fully saturated rings. The maximum absolute atomic E-state index is 13.2. The van der Waals surface area contributed by atoms with Gasteiger partial charge in [-0.15, -0.1) is 0 Å². The molecule has 29 heavy (non-hydrogen) atoms. The Morgan fingerprint density at radius 3 is 2.52 bits per heavy atom.